The third kappa shape index (κ3) is 8.77. The van der Waals surface area contributed by atoms with Crippen molar-refractivity contribution in [1.29, 1.82) is 0 Å². The van der Waals surface area contributed by atoms with E-state index in [0.717, 1.165) is 65.6 Å². The molecular formula is C46H44F6IN7O4. The van der Waals surface area contributed by atoms with Crippen LogP contribution in [0.5, 0.6) is 23.4 Å². The van der Waals surface area contributed by atoms with E-state index in [1.54, 1.807) is 20.4 Å². The number of hydrogen-bond acceptors (Lipinski definition) is 11. The van der Waals surface area contributed by atoms with Gasteiger partial charge in [-0.15, -0.1) is 0 Å². The van der Waals surface area contributed by atoms with Gasteiger partial charge in [-0.3, -0.25) is 0 Å². The Hall–Kier alpha value is -5.63. The van der Waals surface area contributed by atoms with Crippen molar-refractivity contribution in [1.82, 2.24) is 24.8 Å². The number of likely N-dealkylation sites (tertiary alicyclic amines) is 1. The van der Waals surface area contributed by atoms with Crippen LogP contribution >= 0.6 is 22.6 Å². The van der Waals surface area contributed by atoms with E-state index in [9.17, 15) is 13.2 Å². The molecule has 2 atom stereocenters. The summed E-state index contributed by atoms with van der Waals surface area (Å²) in [7, 11) is 5.17. The molecule has 11 nitrogen and oxygen atoms in total. The van der Waals surface area contributed by atoms with E-state index in [2.05, 4.69) is 19.8 Å². The van der Waals surface area contributed by atoms with Gasteiger partial charge < -0.3 is 33.6 Å². The van der Waals surface area contributed by atoms with E-state index < -0.39 is 61.1 Å². The highest BCUT2D eigenvalue weighted by Crippen LogP contribution is 2.47. The Labute approximate surface area is 379 Å². The zero-order chi connectivity index (χ0) is 45.4. The summed E-state index contributed by atoms with van der Waals surface area (Å²) in [5, 5.41) is -0.0582. The lowest BCUT2D eigenvalue weighted by atomic mass is 9.98. The second-order valence-electron chi connectivity index (χ2n) is 15.7. The number of benzene rings is 3. The molecule has 64 heavy (non-hydrogen) atoms. The Morgan fingerprint density at radius 1 is 0.891 bits per heavy atom. The predicted octanol–water partition coefficient (Wildman–Crippen LogP) is 10.1. The summed E-state index contributed by atoms with van der Waals surface area (Å²) in [5.74, 6) is -2.55. The monoisotopic (exact) mass is 999 g/mol. The van der Waals surface area contributed by atoms with Gasteiger partial charge in [-0.05, 0) is 104 Å². The Balaban J connectivity index is 1.28. The van der Waals surface area contributed by atoms with E-state index in [1.165, 1.54) is 0 Å². The lowest BCUT2D eigenvalue weighted by Crippen LogP contribution is -2.33. The fourth-order valence-electron chi connectivity index (χ4n) is 8.27. The molecular weight excluding hydrogens is 955 g/mol. The van der Waals surface area contributed by atoms with Crippen LogP contribution in [0.15, 0.2) is 66.9 Å². The van der Waals surface area contributed by atoms with Gasteiger partial charge >= 0.3 is 12.2 Å². The van der Waals surface area contributed by atoms with Gasteiger partial charge in [-0.2, -0.15) is 23.1 Å². The lowest BCUT2D eigenvalue weighted by Gasteiger charge is -2.33. The van der Waals surface area contributed by atoms with Crippen LogP contribution in [-0.2, 0) is 19.3 Å². The summed E-state index contributed by atoms with van der Waals surface area (Å²) in [6.45, 7) is 4.82. The normalized spacial score (nSPS) is 15.8. The summed E-state index contributed by atoms with van der Waals surface area (Å²) in [4.78, 5) is 24.5. The molecule has 0 N–H and O–H groups in total. The van der Waals surface area contributed by atoms with Crippen LogP contribution in [0.1, 0.15) is 53.6 Å². The molecule has 0 aliphatic carbocycles. The largest absolute Gasteiger partial charge is 0.497 e. The molecule has 0 radical (unpaired) electrons. The van der Waals surface area contributed by atoms with Crippen LogP contribution in [0.4, 0.5) is 38.0 Å². The Bertz CT molecular complexity index is 2630. The molecule has 0 spiro atoms. The first-order valence-corrected chi connectivity index (χ1v) is 21.6. The maximum absolute atomic E-state index is 17.3. The van der Waals surface area contributed by atoms with Crippen LogP contribution in [0.2, 0.25) is 0 Å². The van der Waals surface area contributed by atoms with Crippen LogP contribution in [0.3, 0.4) is 0 Å². The molecule has 336 valence electrons. The van der Waals surface area contributed by atoms with Gasteiger partial charge in [0.25, 0.3) is 0 Å². The summed E-state index contributed by atoms with van der Waals surface area (Å²) in [5.41, 5.74) is -2.51. The molecule has 0 saturated carbocycles. The number of anilines is 2. The van der Waals surface area contributed by atoms with E-state index in [1.807, 2.05) is 79.5 Å². The maximum atomic E-state index is 17.3. The highest BCUT2D eigenvalue weighted by Gasteiger charge is 2.42. The molecule has 2 aliphatic rings. The smallest absolute Gasteiger partial charge is 0.418 e. The molecule has 0 bridgehead atoms. The third-order valence-corrected chi connectivity index (χ3v) is 12.8. The number of hydrogen-bond donors (Lipinski definition) is 0. The number of halogens is 7. The van der Waals surface area contributed by atoms with Gasteiger partial charge in [0.1, 0.15) is 64.6 Å². The molecule has 0 amide bonds. The minimum atomic E-state index is -5.29. The van der Waals surface area contributed by atoms with Crippen molar-refractivity contribution in [3.05, 3.63) is 116 Å². The number of aromatic nitrogens is 4. The summed E-state index contributed by atoms with van der Waals surface area (Å²) in [6.07, 6.45) is -1.83. The Morgan fingerprint density at radius 2 is 1.55 bits per heavy atom. The number of methoxy groups -OCH3 is 2. The second kappa shape index (κ2) is 18.5. The molecule has 3 aromatic carbocycles. The number of alkyl halides is 3. The first-order chi connectivity index (χ1) is 30.7. The first kappa shape index (κ1) is 45.0. The van der Waals surface area contributed by atoms with E-state index in [-0.39, 0.29) is 48.9 Å². The highest BCUT2D eigenvalue weighted by molar-refractivity contribution is 14.1. The second-order valence-corrected chi connectivity index (χ2v) is 16.8. The molecule has 0 unspecified atom stereocenters. The van der Waals surface area contributed by atoms with Gasteiger partial charge in [0.15, 0.2) is 5.82 Å². The maximum Gasteiger partial charge on any atom is 0.418 e. The topological polar surface area (TPSA) is 98.2 Å². The number of nitrogens with zero attached hydrogens (tertiary/aromatic N) is 7. The Morgan fingerprint density at radius 3 is 2.14 bits per heavy atom. The van der Waals surface area contributed by atoms with Gasteiger partial charge in [0.2, 0.25) is 5.88 Å². The van der Waals surface area contributed by atoms with Crippen molar-refractivity contribution >= 4 is 45.1 Å². The van der Waals surface area contributed by atoms with Crippen LogP contribution in [0.25, 0.3) is 22.2 Å². The van der Waals surface area contributed by atoms with Gasteiger partial charge in [0.05, 0.1) is 41.5 Å². The zero-order valence-electron chi connectivity index (χ0n) is 35.6. The fourth-order valence-corrected chi connectivity index (χ4v) is 9.25. The van der Waals surface area contributed by atoms with Gasteiger partial charge in [-0.1, -0.05) is 30.3 Å². The molecule has 18 heteroatoms. The number of rotatable bonds is 13. The van der Waals surface area contributed by atoms with Crippen molar-refractivity contribution < 1.29 is 45.3 Å². The quantitative estimate of drug-likeness (QED) is 0.0629. The first-order valence-electron chi connectivity index (χ1n) is 20.5. The third-order valence-electron chi connectivity index (χ3n) is 11.8. The van der Waals surface area contributed by atoms with E-state index in [0.29, 0.717) is 30.4 Å². The van der Waals surface area contributed by atoms with Crippen molar-refractivity contribution in [3.8, 4) is 34.6 Å². The standard InChI is InChI=1S/C46H44F6IN7O4/c1-25-36(47)33(35(46(50,51)52)39(53)37(25)48)40-38(49)41-34-43(57-45(56-41)64-24-29-8-7-19-58(29)3)60(20-21-63-44(34)55-40)26(2)32-9-6-18-54-42(32)59(22-27-10-14-30(61-4)15-11-27)23-28-12-16-31(62-5)17-13-28/h6,9-18,26,29H,7-8,19-24H2,1-5H3/t26-,29+/m1/s1. The average Bonchev–Trinajstić information content (AvgIpc) is 3.62. The van der Waals surface area contributed by atoms with Crippen molar-refractivity contribution in [3.63, 3.8) is 0 Å². The number of ether oxygens (including phenoxy) is 4. The predicted molar refractivity (Wildman–Crippen MR) is 238 cm³/mol. The average molecular weight is 1000 g/mol. The van der Waals surface area contributed by atoms with Crippen LogP contribution in [-0.4, -0.2) is 78.4 Å². The van der Waals surface area contributed by atoms with Gasteiger partial charge in [0, 0.05) is 36.5 Å². The molecule has 6 aromatic rings. The van der Waals surface area contributed by atoms with E-state index in [4.69, 9.17) is 28.9 Å². The van der Waals surface area contributed by atoms with Crippen LogP contribution in [0, 0.1) is 27.9 Å². The van der Waals surface area contributed by atoms with Gasteiger partial charge in [-0.25, -0.2) is 23.1 Å². The summed E-state index contributed by atoms with van der Waals surface area (Å²) in [6, 6.07) is 18.4. The highest BCUT2D eigenvalue weighted by atomic mass is 127. The van der Waals surface area contributed by atoms with Crippen LogP contribution < -0.4 is 28.7 Å². The minimum Gasteiger partial charge on any atom is -0.497 e. The molecule has 8 rings (SSSR count). The Kier molecular flexibility index (Phi) is 13.0. The lowest BCUT2D eigenvalue weighted by molar-refractivity contribution is -0.138. The number of pyridine rings is 2. The molecule has 2 aliphatic heterocycles. The molecule has 5 heterocycles. The number of likely N-dealkylation sites (N-methyl/N-ethyl adjacent to an activating group) is 1. The molecule has 1 saturated heterocycles. The van der Waals surface area contributed by atoms with Crippen molar-refractivity contribution in [2.75, 3.05) is 57.4 Å². The van der Waals surface area contributed by atoms with Crippen molar-refractivity contribution in [2.45, 2.75) is 58.0 Å². The molecule has 3 aromatic heterocycles. The zero-order valence-corrected chi connectivity index (χ0v) is 37.7. The van der Waals surface area contributed by atoms with E-state index >= 15 is 13.2 Å². The fraction of sp³-hybridized carbons (Fsp3) is 0.348. The van der Waals surface area contributed by atoms with Crippen molar-refractivity contribution in [2.24, 2.45) is 0 Å². The molecule has 1 fully saturated rings. The summed E-state index contributed by atoms with van der Waals surface area (Å²) < 4.78 is 115. The summed E-state index contributed by atoms with van der Waals surface area (Å²) >= 11 is 1.15. The minimum absolute atomic E-state index is 0.00163. The SMILES string of the molecule is COc1ccc(CN(Cc2ccc(OC)cc2)c2ncccc2[C@@H](C)N2CCOc3nc(-c4c(F)c(C)c(F)c(I)c4C(F)(F)F)c(F)c4nc(OC[C@@H]5CCCN5C)nc2c34)cc1.